The summed E-state index contributed by atoms with van der Waals surface area (Å²) in [6, 6.07) is 5.38. The van der Waals surface area contributed by atoms with Crippen molar-refractivity contribution in [3.8, 4) is 0 Å². The number of benzene rings is 1. The molecule has 96 valence electrons. The summed E-state index contributed by atoms with van der Waals surface area (Å²) in [5.41, 5.74) is 0.517. The van der Waals surface area contributed by atoms with Gasteiger partial charge in [-0.3, -0.25) is 9.36 Å². The molecule has 2 rings (SSSR count). The van der Waals surface area contributed by atoms with Crippen LogP contribution in [0.3, 0.4) is 0 Å². The fourth-order valence-corrected chi connectivity index (χ4v) is 2.00. The van der Waals surface area contributed by atoms with Crippen molar-refractivity contribution >= 4 is 32.8 Å². The molecule has 0 radical (unpaired) electrons. The summed E-state index contributed by atoms with van der Waals surface area (Å²) in [5.74, 6) is 0.454. The zero-order valence-corrected chi connectivity index (χ0v) is 11.7. The van der Waals surface area contributed by atoms with Gasteiger partial charge in [-0.25, -0.2) is 4.98 Å². The highest BCUT2D eigenvalue weighted by Crippen LogP contribution is 2.16. The van der Waals surface area contributed by atoms with Gasteiger partial charge in [-0.05, 0) is 25.1 Å². The van der Waals surface area contributed by atoms with E-state index in [1.807, 2.05) is 6.07 Å². The molecule has 0 bridgehead atoms. The number of anilines is 1. The van der Waals surface area contributed by atoms with E-state index in [0.717, 1.165) is 4.47 Å². The summed E-state index contributed by atoms with van der Waals surface area (Å²) >= 11 is 3.33. The molecule has 1 atom stereocenters. The third-order valence-electron chi connectivity index (χ3n) is 2.59. The van der Waals surface area contributed by atoms with Crippen molar-refractivity contribution in [3.63, 3.8) is 0 Å². The number of nitrogens with zero attached hydrogens (tertiary/aromatic N) is 2. The average molecular weight is 312 g/mol. The van der Waals surface area contributed by atoms with E-state index < -0.39 is 6.10 Å². The Hall–Kier alpha value is -1.40. The lowest BCUT2D eigenvalue weighted by Gasteiger charge is -2.12. The predicted octanol–water partition coefficient (Wildman–Crippen LogP) is 1.49. The number of hydrogen-bond donors (Lipinski definition) is 2. The van der Waals surface area contributed by atoms with Crippen LogP contribution in [-0.2, 0) is 7.05 Å². The fraction of sp³-hybridized carbons (Fsp3) is 0.333. The van der Waals surface area contributed by atoms with E-state index in [1.54, 1.807) is 26.1 Å². The van der Waals surface area contributed by atoms with Gasteiger partial charge in [-0.1, -0.05) is 15.9 Å². The first kappa shape index (κ1) is 13.0. The predicted molar refractivity (Wildman–Crippen MR) is 74.9 cm³/mol. The van der Waals surface area contributed by atoms with Gasteiger partial charge >= 0.3 is 0 Å². The van der Waals surface area contributed by atoms with E-state index in [1.165, 1.54) is 4.57 Å². The molecule has 1 aromatic carbocycles. The topological polar surface area (TPSA) is 67.2 Å². The van der Waals surface area contributed by atoms with Crippen LogP contribution in [0.25, 0.3) is 10.9 Å². The maximum atomic E-state index is 12.1. The van der Waals surface area contributed by atoms with Gasteiger partial charge in [0, 0.05) is 18.1 Å². The van der Waals surface area contributed by atoms with Crippen LogP contribution in [0.5, 0.6) is 0 Å². The van der Waals surface area contributed by atoms with Gasteiger partial charge in [0.25, 0.3) is 5.56 Å². The summed E-state index contributed by atoms with van der Waals surface area (Å²) < 4.78 is 2.29. The van der Waals surface area contributed by atoms with Gasteiger partial charge in [-0.15, -0.1) is 0 Å². The highest BCUT2D eigenvalue weighted by Gasteiger charge is 2.08. The number of halogens is 1. The third-order valence-corrected chi connectivity index (χ3v) is 3.09. The van der Waals surface area contributed by atoms with E-state index in [2.05, 4.69) is 26.2 Å². The Morgan fingerprint density at radius 2 is 2.28 bits per heavy atom. The Balaban J connectivity index is 2.54. The lowest BCUT2D eigenvalue weighted by molar-refractivity contribution is 0.208. The molecule has 1 aromatic heterocycles. The molecular formula is C12H14BrN3O2. The molecule has 0 saturated carbocycles. The Morgan fingerprint density at radius 1 is 1.56 bits per heavy atom. The van der Waals surface area contributed by atoms with E-state index >= 15 is 0 Å². The van der Waals surface area contributed by atoms with Crippen LogP contribution in [0, 0.1) is 0 Å². The second-order valence-electron chi connectivity index (χ2n) is 4.19. The normalized spacial score (nSPS) is 12.7. The largest absolute Gasteiger partial charge is 0.392 e. The van der Waals surface area contributed by atoms with Crippen LogP contribution in [0.1, 0.15) is 6.92 Å². The highest BCUT2D eigenvalue weighted by molar-refractivity contribution is 9.10. The first-order chi connectivity index (χ1) is 8.49. The summed E-state index contributed by atoms with van der Waals surface area (Å²) in [5, 5.41) is 12.8. The first-order valence-corrected chi connectivity index (χ1v) is 6.36. The van der Waals surface area contributed by atoms with Crippen molar-refractivity contribution < 1.29 is 5.11 Å². The monoisotopic (exact) mass is 311 g/mol. The molecule has 6 heteroatoms. The van der Waals surface area contributed by atoms with Crippen molar-refractivity contribution in [2.24, 2.45) is 7.05 Å². The lowest BCUT2D eigenvalue weighted by atomic mass is 10.2. The molecule has 0 amide bonds. The van der Waals surface area contributed by atoms with Crippen LogP contribution in [0.15, 0.2) is 27.5 Å². The molecular weight excluding hydrogens is 298 g/mol. The zero-order chi connectivity index (χ0) is 13.3. The number of aliphatic hydroxyl groups excluding tert-OH is 1. The van der Waals surface area contributed by atoms with Gasteiger partial charge in [0.2, 0.25) is 5.95 Å². The molecule has 0 spiro atoms. The minimum Gasteiger partial charge on any atom is -0.392 e. The number of fused-ring (bicyclic) bond motifs is 1. The van der Waals surface area contributed by atoms with E-state index in [4.69, 9.17) is 0 Å². The van der Waals surface area contributed by atoms with Crippen LogP contribution in [0.2, 0.25) is 0 Å². The van der Waals surface area contributed by atoms with Gasteiger partial charge in [0.05, 0.1) is 17.0 Å². The highest BCUT2D eigenvalue weighted by atomic mass is 79.9. The Labute approximate surface area is 113 Å². The second-order valence-corrected chi connectivity index (χ2v) is 5.11. The number of nitrogens with one attached hydrogen (secondary N) is 1. The first-order valence-electron chi connectivity index (χ1n) is 5.57. The molecule has 18 heavy (non-hydrogen) atoms. The Kier molecular flexibility index (Phi) is 3.68. The zero-order valence-electron chi connectivity index (χ0n) is 10.1. The van der Waals surface area contributed by atoms with Gasteiger partial charge in [-0.2, -0.15) is 0 Å². The third kappa shape index (κ3) is 2.54. The van der Waals surface area contributed by atoms with Gasteiger partial charge in [0.1, 0.15) is 0 Å². The summed E-state index contributed by atoms with van der Waals surface area (Å²) in [7, 11) is 1.65. The van der Waals surface area contributed by atoms with Crippen molar-refractivity contribution in [3.05, 3.63) is 33.0 Å². The number of aromatic nitrogens is 2. The number of hydrogen-bond acceptors (Lipinski definition) is 4. The second kappa shape index (κ2) is 5.07. The lowest BCUT2D eigenvalue weighted by Crippen LogP contribution is -2.25. The van der Waals surface area contributed by atoms with Crippen LogP contribution < -0.4 is 10.9 Å². The molecule has 1 unspecified atom stereocenters. The van der Waals surface area contributed by atoms with Crippen molar-refractivity contribution in [1.29, 1.82) is 0 Å². The maximum absolute atomic E-state index is 12.1. The summed E-state index contributed by atoms with van der Waals surface area (Å²) in [6.45, 7) is 2.02. The smallest absolute Gasteiger partial charge is 0.262 e. The van der Waals surface area contributed by atoms with E-state index in [0.29, 0.717) is 23.4 Å². The van der Waals surface area contributed by atoms with Gasteiger partial charge < -0.3 is 10.4 Å². The molecule has 0 aliphatic heterocycles. The summed E-state index contributed by atoms with van der Waals surface area (Å²) in [4.78, 5) is 16.5. The molecule has 2 aromatic rings. The number of aliphatic hydroxyl groups is 1. The van der Waals surface area contributed by atoms with Crippen LogP contribution >= 0.6 is 15.9 Å². The number of rotatable bonds is 3. The van der Waals surface area contributed by atoms with Crippen LogP contribution in [-0.4, -0.2) is 27.3 Å². The van der Waals surface area contributed by atoms with E-state index in [9.17, 15) is 9.90 Å². The minimum absolute atomic E-state index is 0.116. The van der Waals surface area contributed by atoms with Crippen molar-refractivity contribution in [2.45, 2.75) is 13.0 Å². The van der Waals surface area contributed by atoms with Crippen LogP contribution in [0.4, 0.5) is 5.95 Å². The minimum atomic E-state index is -0.498. The molecule has 0 fully saturated rings. The SMILES string of the molecule is CC(O)CNc1nc2ccc(Br)cc2c(=O)n1C. The molecule has 0 aliphatic carbocycles. The molecule has 1 heterocycles. The standard InChI is InChI=1S/C12H14BrN3O2/c1-7(17)6-14-12-15-10-4-3-8(13)5-9(10)11(18)16(12)2/h3-5,7,17H,6H2,1-2H3,(H,14,15). The molecule has 0 aliphatic rings. The average Bonchev–Trinajstić information content (AvgIpc) is 2.32. The molecule has 0 saturated heterocycles. The maximum Gasteiger partial charge on any atom is 0.262 e. The molecule has 2 N–H and O–H groups in total. The Morgan fingerprint density at radius 3 is 2.94 bits per heavy atom. The van der Waals surface area contributed by atoms with Gasteiger partial charge in [0.15, 0.2) is 0 Å². The van der Waals surface area contributed by atoms with Crippen molar-refractivity contribution in [2.75, 3.05) is 11.9 Å². The van der Waals surface area contributed by atoms with E-state index in [-0.39, 0.29) is 5.56 Å². The Bertz CT molecular complexity index is 637. The quantitative estimate of drug-likeness (QED) is 0.901. The summed E-state index contributed by atoms with van der Waals surface area (Å²) in [6.07, 6.45) is -0.498. The van der Waals surface area contributed by atoms with Crippen molar-refractivity contribution in [1.82, 2.24) is 9.55 Å². The fourth-order valence-electron chi connectivity index (χ4n) is 1.64. The molecule has 5 nitrogen and oxygen atoms in total.